The van der Waals surface area contributed by atoms with Gasteiger partial charge in [0.05, 0.1) is 4.75 Å². The van der Waals surface area contributed by atoms with Crippen LogP contribution in [0.15, 0.2) is 91.0 Å². The van der Waals surface area contributed by atoms with Gasteiger partial charge in [-0.1, -0.05) is 91.0 Å². The minimum atomic E-state index is -0.771. The minimum Gasteiger partial charge on any atom is -0.480 e. The molecule has 4 rings (SSSR count). The first-order chi connectivity index (χ1) is 13.7. The zero-order valence-corrected chi connectivity index (χ0v) is 16.3. The summed E-state index contributed by atoms with van der Waals surface area (Å²) in [5, 5.41) is 12.8. The molecule has 3 aromatic carbocycles. The number of rotatable bonds is 6. The average molecular weight is 390 g/mol. The van der Waals surface area contributed by atoms with E-state index in [0.717, 1.165) is 0 Å². The smallest absolute Gasteiger partial charge is 0.320 e. The highest BCUT2D eigenvalue weighted by Crippen LogP contribution is 2.51. The third-order valence-electron chi connectivity index (χ3n) is 5.27. The summed E-state index contributed by atoms with van der Waals surface area (Å²) in [5.41, 5.74) is 3.61. The van der Waals surface area contributed by atoms with Gasteiger partial charge in [0, 0.05) is 11.8 Å². The van der Waals surface area contributed by atoms with Gasteiger partial charge >= 0.3 is 5.97 Å². The van der Waals surface area contributed by atoms with Crippen molar-refractivity contribution in [3.05, 3.63) is 108 Å². The van der Waals surface area contributed by atoms with E-state index in [1.807, 2.05) is 30.0 Å². The fourth-order valence-electron chi connectivity index (χ4n) is 3.95. The molecule has 142 valence electrons. The summed E-state index contributed by atoms with van der Waals surface area (Å²) >= 11 is 1.85. The van der Waals surface area contributed by atoms with Crippen LogP contribution in [-0.2, 0) is 9.54 Å². The maximum Gasteiger partial charge on any atom is 0.320 e. The van der Waals surface area contributed by atoms with Gasteiger partial charge in [-0.15, -0.1) is 11.8 Å². The van der Waals surface area contributed by atoms with Crippen LogP contribution >= 0.6 is 11.8 Å². The number of carbonyl (C=O) groups is 1. The van der Waals surface area contributed by atoms with Crippen LogP contribution in [-0.4, -0.2) is 28.9 Å². The van der Waals surface area contributed by atoms with Crippen LogP contribution in [0.5, 0.6) is 0 Å². The average Bonchev–Trinajstić information content (AvgIpc) is 3.23. The fraction of sp³-hybridized carbons (Fsp3) is 0.208. The first-order valence-electron chi connectivity index (χ1n) is 9.51. The minimum absolute atomic E-state index is 0.196. The van der Waals surface area contributed by atoms with Gasteiger partial charge in [-0.05, 0) is 23.1 Å². The summed E-state index contributed by atoms with van der Waals surface area (Å²) in [6.45, 7) is 0.690. The molecule has 1 aliphatic heterocycles. The number of benzene rings is 3. The second kappa shape index (κ2) is 8.21. The van der Waals surface area contributed by atoms with E-state index in [1.54, 1.807) is 0 Å². The lowest BCUT2D eigenvalue weighted by Crippen LogP contribution is -2.30. The van der Waals surface area contributed by atoms with Crippen LogP contribution in [0.25, 0.3) is 0 Å². The van der Waals surface area contributed by atoms with Crippen molar-refractivity contribution in [2.24, 2.45) is 0 Å². The van der Waals surface area contributed by atoms with Crippen LogP contribution in [0.1, 0.15) is 23.1 Å². The molecule has 0 amide bonds. The van der Waals surface area contributed by atoms with E-state index in [2.05, 4.69) is 78.1 Å². The lowest BCUT2D eigenvalue weighted by atomic mass is 9.84. The molecule has 0 aromatic heterocycles. The molecule has 1 heterocycles. The van der Waals surface area contributed by atoms with Crippen molar-refractivity contribution in [2.75, 3.05) is 6.54 Å². The Bertz CT molecular complexity index is 818. The van der Waals surface area contributed by atoms with E-state index >= 15 is 0 Å². The molecule has 3 aromatic rings. The van der Waals surface area contributed by atoms with E-state index in [4.69, 9.17) is 0 Å². The first-order valence-corrected chi connectivity index (χ1v) is 10.4. The van der Waals surface area contributed by atoms with Gasteiger partial charge in [-0.3, -0.25) is 4.79 Å². The number of carboxylic acid groups (broad SMARTS) is 1. The van der Waals surface area contributed by atoms with Crippen LogP contribution in [0, 0.1) is 0 Å². The Morgan fingerprint density at radius 3 is 1.61 bits per heavy atom. The Hall–Kier alpha value is -2.56. The Morgan fingerprint density at radius 2 is 1.25 bits per heavy atom. The van der Waals surface area contributed by atoms with Crippen molar-refractivity contribution < 1.29 is 9.90 Å². The summed E-state index contributed by atoms with van der Waals surface area (Å²) in [4.78, 5) is 11.5. The summed E-state index contributed by atoms with van der Waals surface area (Å²) < 4.78 is -0.399. The van der Waals surface area contributed by atoms with Crippen molar-refractivity contribution in [2.45, 2.75) is 22.5 Å². The van der Waals surface area contributed by atoms with Gasteiger partial charge in [0.25, 0.3) is 0 Å². The van der Waals surface area contributed by atoms with Crippen LogP contribution in [0.3, 0.4) is 0 Å². The third-order valence-corrected chi connectivity index (χ3v) is 7.03. The zero-order valence-electron chi connectivity index (χ0n) is 15.5. The highest BCUT2D eigenvalue weighted by atomic mass is 32.2. The van der Waals surface area contributed by atoms with Gasteiger partial charge in [0.15, 0.2) is 0 Å². The molecule has 2 N–H and O–H groups in total. The highest BCUT2D eigenvalue weighted by molar-refractivity contribution is 8.01. The van der Waals surface area contributed by atoms with Gasteiger partial charge in [0.2, 0.25) is 0 Å². The predicted octanol–water partition coefficient (Wildman–Crippen LogP) is 4.53. The van der Waals surface area contributed by atoms with Crippen molar-refractivity contribution in [3.63, 3.8) is 0 Å². The normalized spacial score (nSPS) is 19.4. The van der Waals surface area contributed by atoms with E-state index in [-0.39, 0.29) is 5.25 Å². The van der Waals surface area contributed by atoms with Gasteiger partial charge < -0.3 is 10.4 Å². The number of hydrogen-bond donors (Lipinski definition) is 2. The van der Waals surface area contributed by atoms with E-state index in [9.17, 15) is 9.90 Å². The summed E-state index contributed by atoms with van der Waals surface area (Å²) in [6.07, 6.45) is 0.619. The standard InChI is InChI=1S/C24H23NO2S/c26-23(27)22-16-21(17-25-22)28-24(18-10-4-1-5-11-18,19-12-6-2-7-13-19)20-14-8-3-9-15-20/h1-15,21-22,25H,16-17H2,(H,26,27). The molecule has 2 unspecified atom stereocenters. The van der Waals surface area contributed by atoms with E-state index < -0.39 is 16.8 Å². The molecule has 1 saturated heterocycles. The molecule has 4 heteroatoms. The maximum atomic E-state index is 11.5. The summed E-state index contributed by atoms with van der Waals surface area (Å²) in [6, 6.07) is 31.1. The largest absolute Gasteiger partial charge is 0.480 e. The Balaban J connectivity index is 1.85. The van der Waals surface area contributed by atoms with Crippen molar-refractivity contribution in [1.29, 1.82) is 0 Å². The third kappa shape index (κ3) is 3.58. The molecule has 0 saturated carbocycles. The molecule has 3 nitrogen and oxygen atoms in total. The molecule has 0 bridgehead atoms. The number of nitrogens with one attached hydrogen (secondary N) is 1. The topological polar surface area (TPSA) is 49.3 Å². The SMILES string of the molecule is O=C(O)C1CC(SC(c2ccccc2)(c2ccccc2)c2ccccc2)CN1. The van der Waals surface area contributed by atoms with Crippen molar-refractivity contribution in [3.8, 4) is 0 Å². The van der Waals surface area contributed by atoms with Crippen molar-refractivity contribution in [1.82, 2.24) is 5.32 Å². The molecular formula is C24H23NO2S. The second-order valence-corrected chi connectivity index (χ2v) is 8.57. The molecule has 28 heavy (non-hydrogen) atoms. The number of carboxylic acids is 1. The quantitative estimate of drug-likeness (QED) is 0.608. The van der Waals surface area contributed by atoms with E-state index in [1.165, 1.54) is 16.7 Å². The van der Waals surface area contributed by atoms with Crippen LogP contribution in [0.2, 0.25) is 0 Å². The lowest BCUT2D eigenvalue weighted by molar-refractivity contribution is -0.139. The maximum absolute atomic E-state index is 11.5. The molecule has 0 spiro atoms. The molecule has 1 aliphatic rings. The highest BCUT2D eigenvalue weighted by Gasteiger charge is 2.42. The van der Waals surface area contributed by atoms with Crippen LogP contribution < -0.4 is 5.32 Å². The first kappa shape index (κ1) is 18.8. The molecule has 0 radical (unpaired) electrons. The number of aliphatic carboxylic acids is 1. The molecule has 0 aliphatic carbocycles. The zero-order chi connectivity index (χ0) is 19.4. The fourth-order valence-corrected chi connectivity index (χ4v) is 5.74. The molecule has 2 atom stereocenters. The summed E-state index contributed by atoms with van der Waals surface area (Å²) in [7, 11) is 0. The second-order valence-electron chi connectivity index (χ2n) is 7.05. The summed E-state index contributed by atoms with van der Waals surface area (Å²) in [5.74, 6) is -0.771. The monoisotopic (exact) mass is 389 g/mol. The van der Waals surface area contributed by atoms with E-state index in [0.29, 0.717) is 13.0 Å². The molecular weight excluding hydrogens is 366 g/mol. The van der Waals surface area contributed by atoms with Gasteiger partial charge in [0.1, 0.15) is 6.04 Å². The van der Waals surface area contributed by atoms with Crippen molar-refractivity contribution >= 4 is 17.7 Å². The molecule has 1 fully saturated rings. The number of hydrogen-bond acceptors (Lipinski definition) is 3. The Labute approximate surface area is 169 Å². The lowest BCUT2D eigenvalue weighted by Gasteiger charge is -2.37. The Kier molecular flexibility index (Phi) is 5.51. The van der Waals surface area contributed by atoms with Crippen LogP contribution in [0.4, 0.5) is 0 Å². The predicted molar refractivity (Wildman–Crippen MR) is 115 cm³/mol. The van der Waals surface area contributed by atoms with Gasteiger partial charge in [-0.2, -0.15) is 0 Å². The number of thioether (sulfide) groups is 1. The Morgan fingerprint density at radius 1 is 0.821 bits per heavy atom. The van der Waals surface area contributed by atoms with Gasteiger partial charge in [-0.25, -0.2) is 0 Å².